The number of rotatable bonds is 7. The fraction of sp³-hybridized carbons (Fsp3) is 0.0476. The van der Waals surface area contributed by atoms with Crippen LogP contribution in [0.15, 0.2) is 76.6 Å². The molecule has 0 aliphatic heterocycles. The van der Waals surface area contributed by atoms with Crippen LogP contribution in [0.3, 0.4) is 0 Å². The molecule has 0 atom stereocenters. The highest BCUT2D eigenvalue weighted by Gasteiger charge is 2.14. The van der Waals surface area contributed by atoms with Crippen LogP contribution < -0.4 is 5.32 Å². The van der Waals surface area contributed by atoms with Crippen LogP contribution in [0.2, 0.25) is 5.02 Å². The van der Waals surface area contributed by atoms with Gasteiger partial charge in [0, 0.05) is 31.5 Å². The number of benzene rings is 2. The van der Waals surface area contributed by atoms with Crippen LogP contribution in [0.25, 0.3) is 6.08 Å². The van der Waals surface area contributed by atoms with E-state index in [1.807, 2.05) is 35.7 Å². The predicted molar refractivity (Wildman–Crippen MR) is 115 cm³/mol. The molecule has 1 amide bonds. The van der Waals surface area contributed by atoms with Crippen molar-refractivity contribution in [1.82, 2.24) is 5.32 Å². The average Bonchev–Trinajstić information content (AvgIpc) is 3.15. The van der Waals surface area contributed by atoms with E-state index in [4.69, 9.17) is 11.6 Å². The molecule has 0 radical (unpaired) electrons. The first-order valence-electron chi connectivity index (χ1n) is 8.29. The number of nitrogens with one attached hydrogen (secondary N) is 1. The first-order valence-corrected chi connectivity index (χ1v) is 10.5. The molecule has 1 heterocycles. The lowest BCUT2D eigenvalue weighted by Gasteiger charge is -2.05. The third-order valence-electron chi connectivity index (χ3n) is 3.75. The summed E-state index contributed by atoms with van der Waals surface area (Å²) in [5.74, 6) is -0.933. The molecule has 2 N–H and O–H groups in total. The van der Waals surface area contributed by atoms with Gasteiger partial charge in [-0.2, -0.15) is 0 Å². The number of thiophene rings is 1. The summed E-state index contributed by atoms with van der Waals surface area (Å²) >= 11 is 9.20. The van der Waals surface area contributed by atoms with Crippen LogP contribution in [0, 0.1) is 0 Å². The zero-order valence-electron chi connectivity index (χ0n) is 14.6. The summed E-state index contributed by atoms with van der Waals surface area (Å²) in [5.41, 5.74) is 1.27. The van der Waals surface area contributed by atoms with E-state index in [0.29, 0.717) is 5.56 Å². The summed E-state index contributed by atoms with van der Waals surface area (Å²) < 4.78 is 0. The lowest BCUT2D eigenvalue weighted by molar-refractivity contribution is -0.132. The monoisotopic (exact) mass is 429 g/mol. The van der Waals surface area contributed by atoms with Crippen molar-refractivity contribution < 1.29 is 14.7 Å². The second-order valence-electron chi connectivity index (χ2n) is 5.75. The van der Waals surface area contributed by atoms with Crippen molar-refractivity contribution in [1.29, 1.82) is 0 Å². The van der Waals surface area contributed by atoms with E-state index in [1.165, 1.54) is 17.4 Å². The third-order valence-corrected chi connectivity index (χ3v) is 6.17. The van der Waals surface area contributed by atoms with Crippen molar-refractivity contribution in [2.24, 2.45) is 0 Å². The normalized spacial score (nSPS) is 11.2. The Morgan fingerprint density at radius 3 is 2.54 bits per heavy atom. The number of thioether (sulfide) groups is 1. The van der Waals surface area contributed by atoms with Gasteiger partial charge in [0.15, 0.2) is 0 Å². The quantitative estimate of drug-likeness (QED) is 0.381. The molecular weight excluding hydrogens is 414 g/mol. The van der Waals surface area contributed by atoms with Crippen molar-refractivity contribution in [3.8, 4) is 0 Å². The Morgan fingerprint density at radius 1 is 1.11 bits per heavy atom. The number of hydrogen-bond acceptors (Lipinski definition) is 4. The van der Waals surface area contributed by atoms with Crippen LogP contribution in [0.4, 0.5) is 0 Å². The molecule has 0 saturated carbocycles. The molecule has 0 unspecified atom stereocenters. The van der Waals surface area contributed by atoms with Gasteiger partial charge in [-0.1, -0.05) is 48.0 Å². The van der Waals surface area contributed by atoms with Crippen LogP contribution in [0.5, 0.6) is 0 Å². The predicted octanol–water partition coefficient (Wildman–Crippen LogP) is 5.55. The van der Waals surface area contributed by atoms with E-state index in [1.54, 1.807) is 42.1 Å². The number of amides is 1. The average molecular weight is 430 g/mol. The largest absolute Gasteiger partial charge is 0.477 e. The van der Waals surface area contributed by atoms with Gasteiger partial charge in [0.2, 0.25) is 0 Å². The summed E-state index contributed by atoms with van der Waals surface area (Å²) in [6.07, 6.45) is 1.47. The van der Waals surface area contributed by atoms with E-state index in [2.05, 4.69) is 5.32 Å². The highest BCUT2D eigenvalue weighted by molar-refractivity contribution is 7.98. The second kappa shape index (κ2) is 9.59. The Balaban J connectivity index is 1.69. The Bertz CT molecular complexity index is 1020. The van der Waals surface area contributed by atoms with Gasteiger partial charge in [-0.3, -0.25) is 4.79 Å². The molecule has 7 heteroatoms. The maximum atomic E-state index is 12.2. The molecule has 0 fully saturated rings. The Morgan fingerprint density at radius 2 is 1.82 bits per heavy atom. The maximum Gasteiger partial charge on any atom is 0.352 e. The molecule has 28 heavy (non-hydrogen) atoms. The lowest BCUT2D eigenvalue weighted by Crippen LogP contribution is -2.27. The SMILES string of the molecule is O=C(O)C(=Cc1cc(SCc2ccccc2Cl)cs1)NC(=O)c1ccccc1. The molecular formula is C21H16ClNO3S2. The summed E-state index contributed by atoms with van der Waals surface area (Å²) in [5, 5.41) is 14.6. The molecule has 142 valence electrons. The number of carbonyl (C=O) groups is 2. The van der Waals surface area contributed by atoms with Crippen LogP contribution in [-0.4, -0.2) is 17.0 Å². The van der Waals surface area contributed by atoms with Crippen molar-refractivity contribution in [3.63, 3.8) is 0 Å². The maximum absolute atomic E-state index is 12.2. The summed E-state index contributed by atoms with van der Waals surface area (Å²) in [6.45, 7) is 0. The van der Waals surface area contributed by atoms with Crippen molar-refractivity contribution in [2.75, 3.05) is 0 Å². The lowest BCUT2D eigenvalue weighted by atomic mass is 10.2. The zero-order chi connectivity index (χ0) is 19.9. The number of aliphatic carboxylic acids is 1. The number of halogens is 1. The Kier molecular flexibility index (Phi) is 6.92. The van der Waals surface area contributed by atoms with E-state index in [0.717, 1.165) is 26.1 Å². The number of carboxylic acid groups (broad SMARTS) is 1. The standard InChI is InChI=1S/C21H16ClNO3S2/c22-18-9-5-4-8-15(18)12-27-17-10-16(28-13-17)11-19(21(25)26)23-20(24)14-6-2-1-3-7-14/h1-11,13H,12H2,(H,23,24)(H,25,26). The van der Waals surface area contributed by atoms with Crippen LogP contribution in [0.1, 0.15) is 20.8 Å². The first-order chi connectivity index (χ1) is 13.5. The van der Waals surface area contributed by atoms with Gasteiger partial charge in [0.25, 0.3) is 5.91 Å². The van der Waals surface area contributed by atoms with Crippen molar-refractivity contribution >= 4 is 52.7 Å². The van der Waals surface area contributed by atoms with Crippen LogP contribution >= 0.6 is 34.7 Å². The van der Waals surface area contributed by atoms with Gasteiger partial charge in [-0.25, -0.2) is 4.79 Å². The second-order valence-corrected chi connectivity index (χ2v) is 8.15. The summed E-state index contributed by atoms with van der Waals surface area (Å²) in [7, 11) is 0. The molecule has 0 saturated heterocycles. The van der Waals surface area contributed by atoms with E-state index in [-0.39, 0.29) is 5.70 Å². The number of hydrogen-bond donors (Lipinski definition) is 2. The minimum absolute atomic E-state index is 0.168. The first kappa shape index (κ1) is 20.2. The van der Waals surface area contributed by atoms with E-state index in [9.17, 15) is 14.7 Å². The third kappa shape index (κ3) is 5.48. The molecule has 1 aromatic heterocycles. The molecule has 0 aliphatic rings. The number of carboxylic acids is 1. The highest BCUT2D eigenvalue weighted by Crippen LogP contribution is 2.30. The topological polar surface area (TPSA) is 66.4 Å². The van der Waals surface area contributed by atoms with Crippen molar-refractivity contribution in [3.05, 3.63) is 92.8 Å². The minimum Gasteiger partial charge on any atom is -0.477 e. The summed E-state index contributed by atoms with van der Waals surface area (Å²) in [4.78, 5) is 25.5. The fourth-order valence-electron chi connectivity index (χ4n) is 2.34. The molecule has 0 spiro atoms. The van der Waals surface area contributed by atoms with Gasteiger partial charge in [0.1, 0.15) is 5.70 Å². The van der Waals surface area contributed by atoms with Gasteiger partial charge < -0.3 is 10.4 Å². The van der Waals surface area contributed by atoms with Gasteiger partial charge in [-0.15, -0.1) is 23.1 Å². The minimum atomic E-state index is -1.19. The zero-order valence-corrected chi connectivity index (χ0v) is 17.0. The summed E-state index contributed by atoms with van der Waals surface area (Å²) in [6, 6.07) is 18.0. The van der Waals surface area contributed by atoms with Gasteiger partial charge in [0.05, 0.1) is 0 Å². The fourth-order valence-corrected chi connectivity index (χ4v) is 4.60. The molecule has 0 bridgehead atoms. The highest BCUT2D eigenvalue weighted by atomic mass is 35.5. The molecule has 3 aromatic rings. The smallest absolute Gasteiger partial charge is 0.352 e. The molecule has 0 aliphatic carbocycles. The van der Waals surface area contributed by atoms with Crippen molar-refractivity contribution in [2.45, 2.75) is 10.6 Å². The molecule has 3 rings (SSSR count). The van der Waals surface area contributed by atoms with E-state index < -0.39 is 11.9 Å². The van der Waals surface area contributed by atoms with E-state index >= 15 is 0 Å². The molecule has 4 nitrogen and oxygen atoms in total. The van der Waals surface area contributed by atoms with Gasteiger partial charge in [-0.05, 0) is 35.9 Å². The van der Waals surface area contributed by atoms with Crippen LogP contribution in [-0.2, 0) is 10.5 Å². The Hall–Kier alpha value is -2.54. The molecule has 2 aromatic carbocycles. The van der Waals surface area contributed by atoms with Gasteiger partial charge >= 0.3 is 5.97 Å². The number of carbonyl (C=O) groups excluding carboxylic acids is 1. The Labute approximate surface area is 175 Å².